The highest BCUT2D eigenvalue weighted by Gasteiger charge is 2.22. The first-order valence-corrected chi connectivity index (χ1v) is 7.47. The molecule has 0 atom stereocenters. The molecule has 0 aromatic heterocycles. The lowest BCUT2D eigenvalue weighted by Gasteiger charge is -2.05. The molecular formula is C18H15ClN2O2. The maximum absolute atomic E-state index is 12.2. The zero-order valence-corrected chi connectivity index (χ0v) is 13.5. The van der Waals surface area contributed by atoms with Gasteiger partial charge in [-0.3, -0.25) is 4.79 Å². The van der Waals surface area contributed by atoms with Gasteiger partial charge >= 0.3 is 0 Å². The average Bonchev–Trinajstić information content (AvgIpc) is 2.89. The fourth-order valence-electron chi connectivity index (χ4n) is 2.40. The minimum absolute atomic E-state index is 0.245. The molecule has 4 nitrogen and oxygen atoms in total. The minimum Gasteiger partial charge on any atom is -0.496 e. The van der Waals surface area contributed by atoms with E-state index in [1.807, 2.05) is 31.2 Å². The summed E-state index contributed by atoms with van der Waals surface area (Å²) < 4.78 is 5.29. The van der Waals surface area contributed by atoms with Crippen LogP contribution in [0.2, 0.25) is 5.02 Å². The molecule has 0 radical (unpaired) electrons. The minimum atomic E-state index is -0.245. The Morgan fingerprint density at radius 2 is 2.00 bits per heavy atom. The van der Waals surface area contributed by atoms with Crippen LogP contribution >= 0.6 is 11.6 Å². The van der Waals surface area contributed by atoms with Crippen LogP contribution in [0.3, 0.4) is 0 Å². The highest BCUT2D eigenvalue weighted by Crippen LogP contribution is 2.26. The summed E-state index contributed by atoms with van der Waals surface area (Å²) in [5.41, 5.74) is 2.99. The van der Waals surface area contributed by atoms with Gasteiger partial charge in [-0.25, -0.2) is 4.99 Å². The van der Waals surface area contributed by atoms with Crippen molar-refractivity contribution in [2.24, 2.45) is 4.99 Å². The normalized spacial score (nSPS) is 15.5. The number of carbonyl (C=O) groups excluding carboxylic acids is 1. The predicted molar refractivity (Wildman–Crippen MR) is 91.8 cm³/mol. The van der Waals surface area contributed by atoms with Crippen LogP contribution in [-0.4, -0.2) is 18.9 Å². The maximum atomic E-state index is 12.2. The second-order valence-corrected chi connectivity index (χ2v) is 5.58. The van der Waals surface area contributed by atoms with E-state index in [2.05, 4.69) is 10.3 Å². The third-order valence-corrected chi connectivity index (χ3v) is 3.82. The van der Waals surface area contributed by atoms with Crippen molar-refractivity contribution in [3.05, 3.63) is 69.9 Å². The first-order valence-electron chi connectivity index (χ1n) is 7.10. The van der Waals surface area contributed by atoms with Gasteiger partial charge in [0.2, 0.25) is 0 Å². The van der Waals surface area contributed by atoms with Crippen LogP contribution in [0.5, 0.6) is 5.75 Å². The predicted octanol–water partition coefficient (Wildman–Crippen LogP) is 3.57. The van der Waals surface area contributed by atoms with Crippen molar-refractivity contribution in [1.29, 1.82) is 0 Å². The van der Waals surface area contributed by atoms with Crippen LogP contribution in [0.25, 0.3) is 6.08 Å². The zero-order chi connectivity index (χ0) is 16.4. The number of halogens is 1. The third-order valence-electron chi connectivity index (χ3n) is 3.58. The lowest BCUT2D eigenvalue weighted by Crippen LogP contribution is -2.25. The molecule has 0 aliphatic carbocycles. The molecule has 1 N–H and O–H groups in total. The van der Waals surface area contributed by atoms with Gasteiger partial charge in [0.05, 0.1) is 7.11 Å². The van der Waals surface area contributed by atoms with Crippen molar-refractivity contribution < 1.29 is 9.53 Å². The van der Waals surface area contributed by atoms with Crippen molar-refractivity contribution in [2.75, 3.05) is 7.11 Å². The van der Waals surface area contributed by atoms with Gasteiger partial charge in [0.15, 0.2) is 0 Å². The summed E-state index contributed by atoms with van der Waals surface area (Å²) in [5, 5.41) is 3.37. The lowest BCUT2D eigenvalue weighted by atomic mass is 10.1. The number of nitrogens with one attached hydrogen (secondary N) is 1. The molecular weight excluding hydrogens is 312 g/mol. The van der Waals surface area contributed by atoms with Gasteiger partial charge in [-0.15, -0.1) is 0 Å². The highest BCUT2D eigenvalue weighted by molar-refractivity contribution is 6.30. The van der Waals surface area contributed by atoms with Crippen LogP contribution in [0.1, 0.15) is 16.7 Å². The molecule has 0 saturated heterocycles. The average molecular weight is 327 g/mol. The smallest absolute Gasteiger partial charge is 0.275 e. The second kappa shape index (κ2) is 6.26. The van der Waals surface area contributed by atoms with E-state index in [1.54, 1.807) is 31.4 Å². The first-order chi connectivity index (χ1) is 11.1. The van der Waals surface area contributed by atoms with Crippen molar-refractivity contribution in [3.8, 4) is 5.75 Å². The highest BCUT2D eigenvalue weighted by atomic mass is 35.5. The maximum Gasteiger partial charge on any atom is 0.275 e. The molecule has 0 spiro atoms. The van der Waals surface area contributed by atoms with E-state index in [4.69, 9.17) is 16.3 Å². The standard InChI is InChI=1S/C18H15ClN2O2/c1-11-5-3-4-6-14(11)17-20-15(18(22)21-17)10-12-9-13(19)7-8-16(12)23-2/h3-10H,1-2H3,(H,20,21,22)/b15-10+. The Kier molecular flexibility index (Phi) is 4.17. The third kappa shape index (κ3) is 3.12. The number of hydrogen-bond donors (Lipinski definition) is 1. The molecule has 116 valence electrons. The van der Waals surface area contributed by atoms with E-state index in [-0.39, 0.29) is 5.91 Å². The topological polar surface area (TPSA) is 50.7 Å². The van der Waals surface area contributed by atoms with Gasteiger partial charge in [-0.2, -0.15) is 0 Å². The number of ether oxygens (including phenoxy) is 1. The molecule has 1 aliphatic rings. The molecule has 3 rings (SSSR count). The molecule has 1 heterocycles. The van der Waals surface area contributed by atoms with Crippen LogP contribution in [-0.2, 0) is 4.79 Å². The van der Waals surface area contributed by atoms with E-state index in [0.717, 1.165) is 11.1 Å². The number of aryl methyl sites for hydroxylation is 1. The Hall–Kier alpha value is -2.59. The Morgan fingerprint density at radius 3 is 2.74 bits per heavy atom. The molecule has 0 fully saturated rings. The quantitative estimate of drug-likeness (QED) is 0.877. The van der Waals surface area contributed by atoms with Gasteiger partial charge in [0, 0.05) is 16.1 Å². The van der Waals surface area contributed by atoms with Gasteiger partial charge in [0.25, 0.3) is 5.91 Å². The fourth-order valence-corrected chi connectivity index (χ4v) is 2.58. The largest absolute Gasteiger partial charge is 0.496 e. The lowest BCUT2D eigenvalue weighted by molar-refractivity contribution is -0.115. The van der Waals surface area contributed by atoms with E-state index in [1.165, 1.54) is 0 Å². The molecule has 2 aromatic rings. The fraction of sp³-hybridized carbons (Fsp3) is 0.111. The zero-order valence-electron chi connectivity index (χ0n) is 12.8. The number of amides is 1. The Labute approximate surface area is 139 Å². The summed E-state index contributed by atoms with van der Waals surface area (Å²) in [5.74, 6) is 0.944. The summed E-state index contributed by atoms with van der Waals surface area (Å²) in [7, 11) is 1.57. The number of methoxy groups -OCH3 is 1. The van der Waals surface area contributed by atoms with E-state index < -0.39 is 0 Å². The number of benzene rings is 2. The summed E-state index contributed by atoms with van der Waals surface area (Å²) in [6.07, 6.45) is 1.67. The number of rotatable bonds is 3. The Bertz CT molecular complexity index is 841. The monoisotopic (exact) mass is 326 g/mol. The van der Waals surface area contributed by atoms with Crippen LogP contribution in [0, 0.1) is 6.92 Å². The van der Waals surface area contributed by atoms with E-state index in [9.17, 15) is 4.79 Å². The van der Waals surface area contributed by atoms with Gasteiger partial charge in [0.1, 0.15) is 17.3 Å². The number of carbonyl (C=O) groups is 1. The number of aliphatic imine (C=N–C) groups is 1. The van der Waals surface area contributed by atoms with Gasteiger partial charge in [-0.1, -0.05) is 35.9 Å². The summed E-state index contributed by atoms with van der Waals surface area (Å²) >= 11 is 6.02. The van der Waals surface area contributed by atoms with Crippen molar-refractivity contribution in [2.45, 2.75) is 6.92 Å². The Balaban J connectivity index is 2.02. The molecule has 0 unspecified atom stereocenters. The van der Waals surface area contributed by atoms with Crippen molar-refractivity contribution in [3.63, 3.8) is 0 Å². The SMILES string of the molecule is COc1ccc(Cl)cc1/C=C1/N=C(c2ccccc2C)NC1=O. The van der Waals surface area contributed by atoms with Crippen molar-refractivity contribution in [1.82, 2.24) is 5.32 Å². The second-order valence-electron chi connectivity index (χ2n) is 5.15. The summed E-state index contributed by atoms with van der Waals surface area (Å²) in [6, 6.07) is 13.0. The van der Waals surface area contributed by atoms with Crippen molar-refractivity contribution >= 4 is 29.4 Å². The van der Waals surface area contributed by atoms with Gasteiger partial charge in [-0.05, 0) is 36.8 Å². The molecule has 2 aromatic carbocycles. The Morgan fingerprint density at radius 1 is 1.22 bits per heavy atom. The van der Waals surface area contributed by atoms with Gasteiger partial charge < -0.3 is 10.1 Å². The molecule has 0 saturated carbocycles. The number of amidine groups is 1. The van der Waals surface area contributed by atoms with E-state index >= 15 is 0 Å². The van der Waals surface area contributed by atoms with E-state index in [0.29, 0.717) is 27.9 Å². The van der Waals surface area contributed by atoms with Crippen LogP contribution < -0.4 is 10.1 Å². The number of nitrogens with zero attached hydrogens (tertiary/aromatic N) is 1. The van der Waals surface area contributed by atoms with Crippen LogP contribution in [0.4, 0.5) is 0 Å². The molecule has 23 heavy (non-hydrogen) atoms. The van der Waals surface area contributed by atoms with Crippen LogP contribution in [0.15, 0.2) is 53.2 Å². The number of hydrogen-bond acceptors (Lipinski definition) is 3. The molecule has 5 heteroatoms. The first kappa shape index (κ1) is 15.3. The summed E-state index contributed by atoms with van der Waals surface area (Å²) in [4.78, 5) is 16.6. The molecule has 1 aliphatic heterocycles. The summed E-state index contributed by atoms with van der Waals surface area (Å²) in [6.45, 7) is 1.98. The molecule has 0 bridgehead atoms. The molecule has 1 amide bonds.